The van der Waals surface area contributed by atoms with E-state index >= 15 is 0 Å². The zero-order chi connectivity index (χ0) is 29.2. The Kier molecular flexibility index (Phi) is 8.69. The monoisotopic (exact) mass is 543 g/mol. The van der Waals surface area contributed by atoms with Crippen molar-refractivity contribution in [1.29, 1.82) is 0 Å². The van der Waals surface area contributed by atoms with Crippen molar-refractivity contribution in [2.75, 3.05) is 18.1 Å². The predicted octanol–water partition coefficient (Wildman–Crippen LogP) is 7.33. The lowest BCUT2D eigenvalue weighted by molar-refractivity contribution is -0.160. The lowest BCUT2D eigenvalue weighted by Gasteiger charge is -2.30. The van der Waals surface area contributed by atoms with Crippen LogP contribution in [0.25, 0.3) is 11.1 Å². The van der Waals surface area contributed by atoms with Crippen molar-refractivity contribution in [2.45, 2.75) is 79.4 Å². The van der Waals surface area contributed by atoms with Crippen LogP contribution in [-0.4, -0.2) is 35.7 Å². The first-order valence-electron chi connectivity index (χ1n) is 14.2. The number of ether oxygens (including phenoxy) is 2. The molecule has 0 radical (unpaired) electrons. The van der Waals surface area contributed by atoms with Crippen LogP contribution in [0.2, 0.25) is 0 Å². The van der Waals surface area contributed by atoms with E-state index in [9.17, 15) is 14.7 Å². The maximum Gasteiger partial charge on any atom is 0.337 e. The molecule has 0 aliphatic carbocycles. The Hall–Kier alpha value is -3.64. The van der Waals surface area contributed by atoms with E-state index in [0.29, 0.717) is 43.5 Å². The van der Waals surface area contributed by atoms with Gasteiger partial charge in [0.1, 0.15) is 5.75 Å². The number of carboxylic acids is 1. The van der Waals surface area contributed by atoms with Crippen LogP contribution in [0.4, 0.5) is 5.69 Å². The molecule has 4 rings (SSSR count). The zero-order valence-electron chi connectivity index (χ0n) is 24.8. The van der Waals surface area contributed by atoms with Gasteiger partial charge in [-0.1, -0.05) is 43.7 Å². The van der Waals surface area contributed by atoms with Crippen LogP contribution in [-0.2, 0) is 28.8 Å². The standard InChI is InChI=1S/C34H41NO5/c1-8-22-19-25(39-10-3)15-16-26(22)32(36)35-18-17-27-28(35)20-23(9-2)30(31(33(37)38)40-34(5,6)7)29(27)24-13-11-21(4)12-14-24/h11-16,19-20,31H,8-10,17-18H2,1-7H3,(H,37,38). The van der Waals surface area contributed by atoms with Crippen LogP contribution in [0.5, 0.6) is 5.75 Å². The average Bonchev–Trinajstić information content (AvgIpc) is 3.34. The number of benzene rings is 3. The number of aryl methyl sites for hydroxylation is 3. The minimum atomic E-state index is -1.14. The van der Waals surface area contributed by atoms with Gasteiger partial charge in [-0.2, -0.15) is 0 Å². The second kappa shape index (κ2) is 11.8. The summed E-state index contributed by atoms with van der Waals surface area (Å²) in [5.74, 6) is -0.314. The summed E-state index contributed by atoms with van der Waals surface area (Å²) in [6.45, 7) is 14.7. The Morgan fingerprint density at radius 1 is 0.975 bits per heavy atom. The van der Waals surface area contributed by atoms with E-state index in [1.54, 1.807) is 0 Å². The molecule has 6 heteroatoms. The number of aliphatic carboxylic acids is 1. The highest BCUT2D eigenvalue weighted by Gasteiger charge is 2.36. The van der Waals surface area contributed by atoms with Gasteiger partial charge in [0.05, 0.1) is 12.2 Å². The van der Waals surface area contributed by atoms with Crippen molar-refractivity contribution < 1.29 is 24.2 Å². The van der Waals surface area contributed by atoms with Gasteiger partial charge in [-0.3, -0.25) is 4.79 Å². The third-order valence-corrected chi connectivity index (χ3v) is 7.34. The molecule has 0 spiro atoms. The van der Waals surface area contributed by atoms with Crippen molar-refractivity contribution in [3.05, 3.63) is 81.9 Å². The summed E-state index contributed by atoms with van der Waals surface area (Å²) < 4.78 is 11.9. The number of amides is 1. The zero-order valence-corrected chi connectivity index (χ0v) is 24.8. The molecule has 40 heavy (non-hydrogen) atoms. The minimum Gasteiger partial charge on any atom is -0.494 e. The number of nitrogens with zero attached hydrogens (tertiary/aromatic N) is 1. The van der Waals surface area contributed by atoms with Gasteiger partial charge in [-0.05, 0) is 106 Å². The first-order valence-corrected chi connectivity index (χ1v) is 14.2. The van der Waals surface area contributed by atoms with E-state index in [2.05, 4.69) is 0 Å². The van der Waals surface area contributed by atoms with Crippen molar-refractivity contribution >= 4 is 17.6 Å². The number of carboxylic acid groups (broad SMARTS) is 1. The van der Waals surface area contributed by atoms with Gasteiger partial charge in [0.15, 0.2) is 6.10 Å². The molecule has 1 atom stereocenters. The topological polar surface area (TPSA) is 76.1 Å². The highest BCUT2D eigenvalue weighted by molar-refractivity contribution is 6.09. The lowest BCUT2D eigenvalue weighted by Crippen LogP contribution is -2.30. The Morgan fingerprint density at radius 2 is 1.65 bits per heavy atom. The molecular weight excluding hydrogens is 502 g/mol. The third-order valence-electron chi connectivity index (χ3n) is 7.34. The van der Waals surface area contributed by atoms with Crippen LogP contribution in [0.15, 0.2) is 48.5 Å². The van der Waals surface area contributed by atoms with Crippen molar-refractivity contribution in [3.8, 4) is 16.9 Å². The van der Waals surface area contributed by atoms with Crippen LogP contribution in [0.3, 0.4) is 0 Å². The third kappa shape index (κ3) is 5.92. The van der Waals surface area contributed by atoms with Gasteiger partial charge in [0, 0.05) is 23.4 Å². The number of rotatable bonds is 9. The van der Waals surface area contributed by atoms with Crippen LogP contribution in [0.1, 0.15) is 85.8 Å². The number of hydrogen-bond donors (Lipinski definition) is 1. The van der Waals surface area contributed by atoms with Gasteiger partial charge in [0.2, 0.25) is 0 Å². The maximum atomic E-state index is 14.0. The van der Waals surface area contributed by atoms with E-state index in [-0.39, 0.29) is 5.91 Å². The molecule has 6 nitrogen and oxygen atoms in total. The molecule has 212 valence electrons. The van der Waals surface area contributed by atoms with Gasteiger partial charge in [-0.15, -0.1) is 0 Å². The Balaban J connectivity index is 1.92. The molecule has 3 aromatic rings. The molecule has 3 aromatic carbocycles. The summed E-state index contributed by atoms with van der Waals surface area (Å²) in [4.78, 5) is 28.6. The van der Waals surface area contributed by atoms with E-state index in [0.717, 1.165) is 44.8 Å². The van der Waals surface area contributed by atoms with E-state index < -0.39 is 17.7 Å². The summed E-state index contributed by atoms with van der Waals surface area (Å²) in [6.07, 6.45) is 0.797. The fourth-order valence-corrected chi connectivity index (χ4v) is 5.53. The molecule has 1 heterocycles. The van der Waals surface area contributed by atoms with E-state index in [1.807, 2.05) is 102 Å². The molecule has 0 fully saturated rings. The number of hydrogen-bond acceptors (Lipinski definition) is 4. The minimum absolute atomic E-state index is 0.0518. The summed E-state index contributed by atoms with van der Waals surface area (Å²) >= 11 is 0. The summed E-state index contributed by atoms with van der Waals surface area (Å²) in [5.41, 5.74) is 7.23. The summed E-state index contributed by atoms with van der Waals surface area (Å²) in [6, 6.07) is 15.8. The first-order chi connectivity index (χ1) is 19.0. The number of fused-ring (bicyclic) bond motifs is 1. The smallest absolute Gasteiger partial charge is 0.337 e. The molecule has 1 N–H and O–H groups in total. The van der Waals surface area contributed by atoms with Gasteiger partial charge in [0.25, 0.3) is 5.91 Å². The molecule has 0 saturated heterocycles. The fraction of sp³-hybridized carbons (Fsp3) is 0.412. The Labute approximate surface area is 237 Å². The average molecular weight is 544 g/mol. The second-order valence-electron chi connectivity index (χ2n) is 11.3. The quantitative estimate of drug-likeness (QED) is 0.306. The number of carbonyl (C=O) groups is 2. The Bertz CT molecular complexity index is 1400. The molecule has 1 amide bonds. The molecule has 1 aliphatic heterocycles. The molecule has 0 aromatic heterocycles. The Morgan fingerprint density at radius 3 is 2.23 bits per heavy atom. The predicted molar refractivity (Wildman–Crippen MR) is 160 cm³/mol. The van der Waals surface area contributed by atoms with Gasteiger partial charge < -0.3 is 19.5 Å². The van der Waals surface area contributed by atoms with Crippen molar-refractivity contribution in [3.63, 3.8) is 0 Å². The highest BCUT2D eigenvalue weighted by atomic mass is 16.5. The highest BCUT2D eigenvalue weighted by Crippen LogP contribution is 2.45. The number of anilines is 1. The molecular formula is C34H41NO5. The van der Waals surface area contributed by atoms with Gasteiger partial charge in [-0.25, -0.2) is 4.79 Å². The molecule has 1 aliphatic rings. The maximum absolute atomic E-state index is 14.0. The first kappa shape index (κ1) is 29.3. The largest absolute Gasteiger partial charge is 0.494 e. The SMILES string of the molecule is CCOc1ccc(C(=O)N2CCc3c2cc(CC)c(C(OC(C)(C)C)C(=O)O)c3-c2ccc(C)cc2)c(CC)c1. The summed E-state index contributed by atoms with van der Waals surface area (Å²) in [7, 11) is 0. The molecule has 0 bridgehead atoms. The van der Waals surface area contributed by atoms with Crippen LogP contribution < -0.4 is 9.64 Å². The van der Waals surface area contributed by atoms with E-state index in [1.165, 1.54) is 0 Å². The lowest BCUT2D eigenvalue weighted by atomic mass is 9.85. The fourth-order valence-electron chi connectivity index (χ4n) is 5.53. The molecule has 0 saturated carbocycles. The van der Waals surface area contributed by atoms with E-state index in [4.69, 9.17) is 9.47 Å². The van der Waals surface area contributed by atoms with Crippen LogP contribution in [0, 0.1) is 6.92 Å². The number of carbonyl (C=O) groups excluding carboxylic acids is 1. The normalized spacial score (nSPS) is 13.7. The van der Waals surface area contributed by atoms with Crippen molar-refractivity contribution in [1.82, 2.24) is 0 Å². The van der Waals surface area contributed by atoms with Gasteiger partial charge >= 0.3 is 5.97 Å². The molecule has 1 unspecified atom stereocenters. The van der Waals surface area contributed by atoms with Crippen molar-refractivity contribution in [2.24, 2.45) is 0 Å². The second-order valence-corrected chi connectivity index (χ2v) is 11.3. The summed E-state index contributed by atoms with van der Waals surface area (Å²) in [5, 5.41) is 10.4. The van der Waals surface area contributed by atoms with Crippen LogP contribution >= 0.6 is 0 Å².